The Bertz CT molecular complexity index is 2150. The van der Waals surface area contributed by atoms with Crippen molar-refractivity contribution in [2.45, 2.75) is 17.1 Å². The normalized spacial score (nSPS) is 11.9. The second-order valence-corrected chi connectivity index (χ2v) is 14.0. The van der Waals surface area contributed by atoms with Gasteiger partial charge in [0, 0.05) is 31.6 Å². The maximum Gasteiger partial charge on any atom is 0.272 e. The molecule has 0 aliphatic rings. The molecule has 0 fully saturated rings. The highest BCUT2D eigenvalue weighted by Crippen LogP contribution is 2.30. The van der Waals surface area contributed by atoms with E-state index in [9.17, 15) is 14.4 Å². The Morgan fingerprint density at radius 1 is 0.812 bits per heavy atom. The average Bonchev–Trinajstić information content (AvgIpc) is 3.56. The van der Waals surface area contributed by atoms with Crippen molar-refractivity contribution in [3.05, 3.63) is 148 Å². The number of nitrogens with zero attached hydrogens (tertiary/aromatic N) is 1. The molecule has 0 bridgehead atoms. The van der Waals surface area contributed by atoms with Crippen LogP contribution in [-0.2, 0) is 9.59 Å². The van der Waals surface area contributed by atoms with E-state index in [1.807, 2.05) is 66.9 Å². The molecule has 3 N–H and O–H groups in total. The number of amides is 3. The van der Waals surface area contributed by atoms with Crippen LogP contribution in [0, 0.1) is 0 Å². The van der Waals surface area contributed by atoms with Gasteiger partial charge in [0.15, 0.2) is 5.13 Å². The molecule has 1 unspecified atom stereocenters. The maximum absolute atomic E-state index is 13.5. The Morgan fingerprint density at radius 3 is 2.40 bits per heavy atom. The average molecular weight is 734 g/mol. The van der Waals surface area contributed by atoms with Crippen molar-refractivity contribution in [2.75, 3.05) is 10.6 Å². The Labute approximate surface area is 294 Å². The van der Waals surface area contributed by atoms with Crippen LogP contribution in [0.5, 0.6) is 0 Å². The molecule has 0 radical (unpaired) electrons. The van der Waals surface area contributed by atoms with Crippen LogP contribution in [0.15, 0.2) is 142 Å². The lowest BCUT2D eigenvalue weighted by Crippen LogP contribution is -2.30. The molecule has 0 saturated heterocycles. The second kappa shape index (κ2) is 15.2. The SMILES string of the molecule is CC(Sc1cccc(NC(=O)/C(=C\c2cccc(Br)c2)NC(=O)c2ccccc2)c1)C(=O)Nc1nc(-c2ccc3ccccc3c2)cs1. The standard InChI is InChI=1S/C38H29BrN4O3S2/c1-24(35(44)43-38-42-34(23-47-38)29-18-17-26-10-5-6-13-28(26)21-29)48-32-16-8-15-31(22-32)40-37(46)33(20-25-9-7-14-30(39)19-25)41-36(45)27-11-3-2-4-12-27/h2-24H,1H3,(H,40,46)(H,41,45)(H,42,43,44)/b33-20+. The highest BCUT2D eigenvalue weighted by molar-refractivity contribution is 9.10. The van der Waals surface area contributed by atoms with E-state index in [4.69, 9.17) is 0 Å². The van der Waals surface area contributed by atoms with Crippen LogP contribution >= 0.6 is 39.0 Å². The van der Waals surface area contributed by atoms with Gasteiger partial charge in [-0.1, -0.05) is 88.7 Å². The van der Waals surface area contributed by atoms with Crippen LogP contribution in [0.4, 0.5) is 10.8 Å². The van der Waals surface area contributed by atoms with E-state index >= 15 is 0 Å². The van der Waals surface area contributed by atoms with E-state index in [0.717, 1.165) is 37.0 Å². The number of aromatic nitrogens is 1. The molecule has 0 aliphatic heterocycles. The molecule has 1 heterocycles. The van der Waals surface area contributed by atoms with Crippen LogP contribution < -0.4 is 16.0 Å². The van der Waals surface area contributed by atoms with Gasteiger partial charge in [0.1, 0.15) is 5.70 Å². The first-order valence-electron chi connectivity index (χ1n) is 15.0. The maximum atomic E-state index is 13.5. The highest BCUT2D eigenvalue weighted by Gasteiger charge is 2.19. The molecule has 3 amide bonds. The summed E-state index contributed by atoms with van der Waals surface area (Å²) in [6, 6.07) is 37.7. The van der Waals surface area contributed by atoms with E-state index in [0.29, 0.717) is 16.4 Å². The molecular weight excluding hydrogens is 704 g/mol. The lowest BCUT2D eigenvalue weighted by Gasteiger charge is -2.14. The van der Waals surface area contributed by atoms with Crippen molar-refractivity contribution in [2.24, 2.45) is 0 Å². The molecule has 0 spiro atoms. The van der Waals surface area contributed by atoms with Gasteiger partial charge in [-0.05, 0) is 77.9 Å². The van der Waals surface area contributed by atoms with Gasteiger partial charge >= 0.3 is 0 Å². The zero-order valence-corrected chi connectivity index (χ0v) is 28.9. The molecule has 10 heteroatoms. The summed E-state index contributed by atoms with van der Waals surface area (Å²) < 4.78 is 0.841. The molecule has 48 heavy (non-hydrogen) atoms. The second-order valence-electron chi connectivity index (χ2n) is 10.8. The van der Waals surface area contributed by atoms with Gasteiger partial charge in [-0.15, -0.1) is 23.1 Å². The minimum atomic E-state index is -0.488. The number of thiazole rings is 1. The summed E-state index contributed by atoms with van der Waals surface area (Å²) in [7, 11) is 0. The summed E-state index contributed by atoms with van der Waals surface area (Å²) in [5.41, 5.74) is 3.56. The van der Waals surface area contributed by atoms with E-state index in [-0.39, 0.29) is 11.6 Å². The van der Waals surface area contributed by atoms with Gasteiger partial charge in [0.25, 0.3) is 11.8 Å². The van der Waals surface area contributed by atoms with Crippen molar-refractivity contribution in [1.29, 1.82) is 0 Å². The fourth-order valence-electron chi connectivity index (χ4n) is 4.83. The van der Waals surface area contributed by atoms with Gasteiger partial charge in [-0.2, -0.15) is 0 Å². The summed E-state index contributed by atoms with van der Waals surface area (Å²) >= 11 is 6.19. The summed E-state index contributed by atoms with van der Waals surface area (Å²) in [5, 5.41) is 12.9. The fourth-order valence-corrected chi connectivity index (χ4v) is 6.89. The van der Waals surface area contributed by atoms with Gasteiger partial charge in [0.2, 0.25) is 5.91 Å². The van der Waals surface area contributed by atoms with Gasteiger partial charge in [-0.25, -0.2) is 4.98 Å². The monoisotopic (exact) mass is 732 g/mol. The summed E-state index contributed by atoms with van der Waals surface area (Å²) in [4.78, 5) is 45.0. The van der Waals surface area contributed by atoms with Crippen LogP contribution in [-0.4, -0.2) is 28.0 Å². The van der Waals surface area contributed by atoms with Crippen LogP contribution in [0.1, 0.15) is 22.8 Å². The number of halogens is 1. The number of hydrogen-bond donors (Lipinski definition) is 3. The zero-order chi connectivity index (χ0) is 33.5. The summed E-state index contributed by atoms with van der Waals surface area (Å²) in [5.74, 6) is -1.07. The fraction of sp³-hybridized carbons (Fsp3) is 0.0526. The molecule has 7 nitrogen and oxygen atoms in total. The minimum absolute atomic E-state index is 0.0826. The topological polar surface area (TPSA) is 100 Å². The lowest BCUT2D eigenvalue weighted by atomic mass is 10.1. The molecule has 238 valence electrons. The number of benzene rings is 5. The molecule has 5 aromatic carbocycles. The van der Waals surface area contributed by atoms with Gasteiger partial charge in [-0.3, -0.25) is 14.4 Å². The molecule has 1 aromatic heterocycles. The third-order valence-corrected chi connectivity index (χ3v) is 9.59. The van der Waals surface area contributed by atoms with E-state index in [2.05, 4.69) is 61.1 Å². The third kappa shape index (κ3) is 8.46. The summed E-state index contributed by atoms with van der Waals surface area (Å²) in [6.07, 6.45) is 1.62. The predicted molar refractivity (Wildman–Crippen MR) is 200 cm³/mol. The number of carbonyl (C=O) groups is 3. The Hall–Kier alpha value is -5.03. The zero-order valence-electron chi connectivity index (χ0n) is 25.6. The minimum Gasteiger partial charge on any atom is -0.321 e. The van der Waals surface area contributed by atoms with Crippen molar-refractivity contribution >= 4 is 84.4 Å². The highest BCUT2D eigenvalue weighted by atomic mass is 79.9. The lowest BCUT2D eigenvalue weighted by molar-refractivity contribution is -0.115. The van der Waals surface area contributed by atoms with E-state index in [1.165, 1.54) is 23.1 Å². The van der Waals surface area contributed by atoms with Gasteiger partial charge in [0.05, 0.1) is 10.9 Å². The first kappa shape index (κ1) is 32.9. The van der Waals surface area contributed by atoms with Gasteiger partial charge < -0.3 is 16.0 Å². The molecule has 0 saturated carbocycles. The number of carbonyl (C=O) groups excluding carboxylic acids is 3. The number of thioether (sulfide) groups is 1. The number of hydrogen-bond acceptors (Lipinski definition) is 6. The first-order valence-corrected chi connectivity index (χ1v) is 17.5. The molecule has 6 aromatic rings. The molecular formula is C38H29BrN4O3S2. The number of anilines is 2. The van der Waals surface area contributed by atoms with Crippen molar-refractivity contribution < 1.29 is 14.4 Å². The first-order chi connectivity index (χ1) is 23.3. The quantitative estimate of drug-likeness (QED) is 0.0963. The predicted octanol–water partition coefficient (Wildman–Crippen LogP) is 9.25. The van der Waals surface area contributed by atoms with Crippen molar-refractivity contribution in [3.63, 3.8) is 0 Å². The van der Waals surface area contributed by atoms with E-state index in [1.54, 1.807) is 48.5 Å². The molecule has 1 atom stereocenters. The summed E-state index contributed by atoms with van der Waals surface area (Å²) in [6.45, 7) is 1.82. The number of fused-ring (bicyclic) bond motifs is 1. The molecule has 0 aliphatic carbocycles. The smallest absolute Gasteiger partial charge is 0.272 e. The van der Waals surface area contributed by atoms with Crippen LogP contribution in [0.3, 0.4) is 0 Å². The van der Waals surface area contributed by atoms with Crippen LogP contribution in [0.25, 0.3) is 28.1 Å². The number of rotatable bonds is 10. The Kier molecular flexibility index (Phi) is 10.4. The largest absolute Gasteiger partial charge is 0.321 e. The Morgan fingerprint density at radius 2 is 1.58 bits per heavy atom. The molecule has 6 rings (SSSR count). The third-order valence-electron chi connectivity index (χ3n) is 7.24. The van der Waals surface area contributed by atoms with E-state index < -0.39 is 17.1 Å². The Balaban J connectivity index is 1.11. The van der Waals surface area contributed by atoms with Crippen LogP contribution in [0.2, 0.25) is 0 Å². The number of nitrogens with one attached hydrogen (secondary N) is 3. The van der Waals surface area contributed by atoms with Crippen molar-refractivity contribution in [1.82, 2.24) is 10.3 Å². The van der Waals surface area contributed by atoms with Crippen molar-refractivity contribution in [3.8, 4) is 11.3 Å².